The third-order valence-electron chi connectivity index (χ3n) is 5.33. The average molecular weight is 479 g/mol. The summed E-state index contributed by atoms with van der Waals surface area (Å²) >= 11 is 0. The van der Waals surface area contributed by atoms with E-state index in [1.165, 1.54) is 25.8 Å². The summed E-state index contributed by atoms with van der Waals surface area (Å²) in [6, 6.07) is 0.580. The molecule has 2 heterocycles. The molecule has 2 aliphatic rings. The zero-order valence-electron chi connectivity index (χ0n) is 17.0. The molecule has 2 rings (SSSR count). The number of halogens is 1. The molecule has 0 spiro atoms. The topological polar surface area (TPSA) is 51.2 Å². The van der Waals surface area contributed by atoms with Crippen LogP contribution in [0.1, 0.15) is 47.0 Å². The minimum absolute atomic E-state index is 0. The summed E-state index contributed by atoms with van der Waals surface area (Å²) in [5.74, 6) is 1.36. The molecule has 6 nitrogen and oxygen atoms in total. The number of piperidine rings is 1. The lowest BCUT2D eigenvalue weighted by Crippen LogP contribution is -2.54. The molecule has 1 amide bonds. The van der Waals surface area contributed by atoms with Crippen LogP contribution in [0.3, 0.4) is 0 Å². The van der Waals surface area contributed by atoms with E-state index in [0.29, 0.717) is 6.04 Å². The summed E-state index contributed by atoms with van der Waals surface area (Å²) in [6.07, 6.45) is 3.90. The maximum absolute atomic E-state index is 12.2. The van der Waals surface area contributed by atoms with Gasteiger partial charge in [0.2, 0.25) is 5.91 Å². The lowest BCUT2D eigenvalue weighted by Gasteiger charge is -2.38. The molecule has 1 unspecified atom stereocenters. The number of carbonyl (C=O) groups is 1. The lowest BCUT2D eigenvalue weighted by atomic mass is 10.0. The number of carbonyl (C=O) groups excluding carboxylic acids is 1. The highest BCUT2D eigenvalue weighted by molar-refractivity contribution is 14.0. The van der Waals surface area contributed by atoms with Crippen molar-refractivity contribution in [3.05, 3.63) is 0 Å². The van der Waals surface area contributed by atoms with Crippen LogP contribution in [0.2, 0.25) is 0 Å². The SMILES string of the molecule is CCNC(=NCC1CCCCN1CC)N1CCN(C(=O)C(C)C)CC1.I. The van der Waals surface area contributed by atoms with Gasteiger partial charge in [-0.15, -0.1) is 24.0 Å². The molecule has 1 atom stereocenters. The van der Waals surface area contributed by atoms with Crippen LogP contribution < -0.4 is 5.32 Å². The van der Waals surface area contributed by atoms with Gasteiger partial charge in [-0.25, -0.2) is 0 Å². The van der Waals surface area contributed by atoms with Crippen LogP contribution in [-0.2, 0) is 4.79 Å². The van der Waals surface area contributed by atoms with E-state index in [1.54, 1.807) is 0 Å². The van der Waals surface area contributed by atoms with Gasteiger partial charge < -0.3 is 15.1 Å². The first-order valence-electron chi connectivity index (χ1n) is 10.1. The number of likely N-dealkylation sites (tertiary alicyclic amines) is 1. The highest BCUT2D eigenvalue weighted by atomic mass is 127. The van der Waals surface area contributed by atoms with E-state index in [1.807, 2.05) is 18.7 Å². The van der Waals surface area contributed by atoms with Gasteiger partial charge in [-0.3, -0.25) is 14.7 Å². The molecule has 0 aromatic carbocycles. The molecule has 26 heavy (non-hydrogen) atoms. The number of aliphatic imine (C=N–C) groups is 1. The fraction of sp³-hybridized carbons (Fsp3) is 0.895. The number of guanidine groups is 1. The number of amides is 1. The second kappa shape index (κ2) is 12.0. The minimum atomic E-state index is 0. The number of nitrogens with one attached hydrogen (secondary N) is 1. The molecule has 2 saturated heterocycles. The van der Waals surface area contributed by atoms with Gasteiger partial charge in [0.15, 0.2) is 5.96 Å². The maximum Gasteiger partial charge on any atom is 0.225 e. The van der Waals surface area contributed by atoms with Crippen LogP contribution >= 0.6 is 24.0 Å². The van der Waals surface area contributed by atoms with Gasteiger partial charge in [-0.1, -0.05) is 27.2 Å². The first-order chi connectivity index (χ1) is 12.1. The Balaban J connectivity index is 0.00000338. The predicted molar refractivity (Wildman–Crippen MR) is 119 cm³/mol. The van der Waals surface area contributed by atoms with Crippen molar-refractivity contribution in [1.82, 2.24) is 20.0 Å². The van der Waals surface area contributed by atoms with Crippen LogP contribution in [0.25, 0.3) is 0 Å². The summed E-state index contributed by atoms with van der Waals surface area (Å²) < 4.78 is 0. The fourth-order valence-electron chi connectivity index (χ4n) is 3.80. The van der Waals surface area contributed by atoms with Crippen molar-refractivity contribution in [3.63, 3.8) is 0 Å². The van der Waals surface area contributed by atoms with Crippen LogP contribution in [0.4, 0.5) is 0 Å². The maximum atomic E-state index is 12.2. The largest absolute Gasteiger partial charge is 0.357 e. The van der Waals surface area contributed by atoms with E-state index in [4.69, 9.17) is 4.99 Å². The van der Waals surface area contributed by atoms with Gasteiger partial charge in [-0.05, 0) is 32.9 Å². The summed E-state index contributed by atoms with van der Waals surface area (Å²) in [5, 5.41) is 3.45. The number of hydrogen-bond donors (Lipinski definition) is 1. The van der Waals surface area contributed by atoms with Crippen molar-refractivity contribution in [1.29, 1.82) is 0 Å². The number of hydrogen-bond acceptors (Lipinski definition) is 3. The molecule has 2 fully saturated rings. The Morgan fingerprint density at radius 2 is 1.73 bits per heavy atom. The molecule has 0 aromatic heterocycles. The van der Waals surface area contributed by atoms with Crippen molar-refractivity contribution in [2.75, 3.05) is 52.4 Å². The van der Waals surface area contributed by atoms with E-state index < -0.39 is 0 Å². The van der Waals surface area contributed by atoms with Gasteiger partial charge in [0.25, 0.3) is 0 Å². The molecule has 0 radical (unpaired) electrons. The summed E-state index contributed by atoms with van der Waals surface area (Å²) in [7, 11) is 0. The molecule has 1 N–H and O–H groups in total. The van der Waals surface area contributed by atoms with E-state index in [9.17, 15) is 4.79 Å². The van der Waals surface area contributed by atoms with E-state index >= 15 is 0 Å². The molecule has 7 heteroatoms. The highest BCUT2D eigenvalue weighted by Gasteiger charge is 2.25. The average Bonchev–Trinajstić information content (AvgIpc) is 2.64. The van der Waals surface area contributed by atoms with Gasteiger partial charge in [0, 0.05) is 44.7 Å². The van der Waals surface area contributed by atoms with Crippen LogP contribution in [0.5, 0.6) is 0 Å². The van der Waals surface area contributed by atoms with Crippen molar-refractivity contribution >= 4 is 35.8 Å². The molecule has 152 valence electrons. The van der Waals surface area contributed by atoms with Gasteiger partial charge in [0.1, 0.15) is 0 Å². The zero-order valence-corrected chi connectivity index (χ0v) is 19.4. The lowest BCUT2D eigenvalue weighted by molar-refractivity contribution is -0.135. The number of nitrogens with zero attached hydrogens (tertiary/aromatic N) is 4. The molecular weight excluding hydrogens is 441 g/mol. The highest BCUT2D eigenvalue weighted by Crippen LogP contribution is 2.17. The van der Waals surface area contributed by atoms with Gasteiger partial charge in [-0.2, -0.15) is 0 Å². The Morgan fingerprint density at radius 3 is 2.31 bits per heavy atom. The predicted octanol–water partition coefficient (Wildman–Crippen LogP) is 2.24. The Labute approximate surface area is 176 Å². The molecule has 0 aromatic rings. The van der Waals surface area contributed by atoms with Crippen molar-refractivity contribution < 1.29 is 4.79 Å². The van der Waals surface area contributed by atoms with Crippen LogP contribution in [0.15, 0.2) is 4.99 Å². The van der Waals surface area contributed by atoms with Crippen molar-refractivity contribution in [3.8, 4) is 0 Å². The third kappa shape index (κ3) is 6.55. The molecule has 0 bridgehead atoms. The smallest absolute Gasteiger partial charge is 0.225 e. The first kappa shape index (κ1) is 23.5. The van der Waals surface area contributed by atoms with E-state index in [-0.39, 0.29) is 35.8 Å². The second-order valence-electron chi connectivity index (χ2n) is 7.44. The number of likely N-dealkylation sites (N-methyl/N-ethyl adjacent to an activating group) is 1. The summed E-state index contributed by atoms with van der Waals surface area (Å²) in [6.45, 7) is 15.7. The molecule has 0 aliphatic carbocycles. The Kier molecular flexibility index (Phi) is 10.8. The first-order valence-corrected chi connectivity index (χ1v) is 10.1. The number of rotatable bonds is 5. The molecule has 0 saturated carbocycles. The number of piperazine rings is 1. The quantitative estimate of drug-likeness (QED) is 0.374. The Hall–Kier alpha value is -0.570. The van der Waals surface area contributed by atoms with Crippen LogP contribution in [-0.4, -0.2) is 85.0 Å². The van der Waals surface area contributed by atoms with Crippen molar-refractivity contribution in [2.45, 2.75) is 53.0 Å². The minimum Gasteiger partial charge on any atom is -0.357 e. The molecular formula is C19H38IN5O. The normalized spacial score (nSPS) is 22.3. The summed E-state index contributed by atoms with van der Waals surface area (Å²) in [4.78, 5) is 24.0. The Bertz CT molecular complexity index is 449. The molecule has 2 aliphatic heterocycles. The third-order valence-corrected chi connectivity index (χ3v) is 5.33. The fourth-order valence-corrected chi connectivity index (χ4v) is 3.80. The monoisotopic (exact) mass is 479 g/mol. The van der Waals surface area contributed by atoms with Crippen LogP contribution in [0, 0.1) is 5.92 Å². The zero-order chi connectivity index (χ0) is 18.2. The van der Waals surface area contributed by atoms with Gasteiger partial charge >= 0.3 is 0 Å². The van der Waals surface area contributed by atoms with Gasteiger partial charge in [0.05, 0.1) is 6.54 Å². The van der Waals surface area contributed by atoms with E-state index in [2.05, 4.69) is 29.0 Å². The van der Waals surface area contributed by atoms with Crippen molar-refractivity contribution in [2.24, 2.45) is 10.9 Å². The second-order valence-corrected chi connectivity index (χ2v) is 7.44. The standard InChI is InChI=1S/C19H37N5O.HI/c1-5-20-19(21-15-17-9-7-8-10-22(17)6-2)24-13-11-23(12-14-24)18(25)16(3)4;/h16-17H,5-15H2,1-4H3,(H,20,21);1H. The van der Waals surface area contributed by atoms with E-state index in [0.717, 1.165) is 51.8 Å². The Morgan fingerprint density at radius 1 is 1.08 bits per heavy atom. The summed E-state index contributed by atoms with van der Waals surface area (Å²) in [5.41, 5.74) is 0.